The zero-order valence-corrected chi connectivity index (χ0v) is 11.9. The van der Waals surface area contributed by atoms with Crippen LogP contribution in [0.15, 0.2) is 24.4 Å². The molecule has 2 N–H and O–H groups in total. The van der Waals surface area contributed by atoms with Gasteiger partial charge in [0.05, 0.1) is 23.4 Å². The molecular formula is C14H17FN4O2. The van der Waals surface area contributed by atoms with Crippen LogP contribution in [-0.2, 0) is 6.54 Å². The number of H-pyrrole nitrogens is 1. The van der Waals surface area contributed by atoms with Gasteiger partial charge in [0.15, 0.2) is 0 Å². The average Bonchev–Trinajstić information content (AvgIpc) is 2.93. The summed E-state index contributed by atoms with van der Waals surface area (Å²) in [6.07, 6.45) is 2.60. The first-order valence-corrected chi connectivity index (χ1v) is 6.72. The number of aromatic amines is 1. The third-order valence-corrected chi connectivity index (χ3v) is 3.31. The molecule has 7 heteroatoms. The van der Waals surface area contributed by atoms with Crippen LogP contribution in [0.4, 0.5) is 10.1 Å². The summed E-state index contributed by atoms with van der Waals surface area (Å²) in [6, 6.07) is 4.16. The summed E-state index contributed by atoms with van der Waals surface area (Å²) < 4.78 is 13.3. The molecule has 0 bridgehead atoms. The molecule has 21 heavy (non-hydrogen) atoms. The van der Waals surface area contributed by atoms with Crippen molar-refractivity contribution < 1.29 is 9.31 Å². The van der Waals surface area contributed by atoms with E-state index < -0.39 is 16.4 Å². The first-order valence-electron chi connectivity index (χ1n) is 6.72. The highest BCUT2D eigenvalue weighted by atomic mass is 19.1. The maximum atomic E-state index is 13.3. The molecule has 6 nitrogen and oxygen atoms in total. The Labute approximate surface area is 121 Å². The lowest BCUT2D eigenvalue weighted by atomic mass is 10.1. The van der Waals surface area contributed by atoms with E-state index in [1.807, 2.05) is 0 Å². The quantitative estimate of drug-likeness (QED) is 0.633. The van der Waals surface area contributed by atoms with Crippen molar-refractivity contribution in [3.05, 3.63) is 46.2 Å². The van der Waals surface area contributed by atoms with E-state index in [1.165, 1.54) is 12.1 Å². The van der Waals surface area contributed by atoms with Crippen LogP contribution < -0.4 is 5.32 Å². The van der Waals surface area contributed by atoms with Gasteiger partial charge in [0, 0.05) is 17.7 Å². The number of hydrogen-bond donors (Lipinski definition) is 2. The number of hydrogen-bond acceptors (Lipinski definition) is 4. The molecule has 1 aromatic heterocycles. The number of halogens is 1. The normalized spacial score (nSPS) is 12.3. The summed E-state index contributed by atoms with van der Waals surface area (Å²) in [5.41, 5.74) is 0.617. The summed E-state index contributed by atoms with van der Waals surface area (Å²) in [4.78, 5) is 17.3. The van der Waals surface area contributed by atoms with Crippen molar-refractivity contribution in [1.82, 2.24) is 15.3 Å². The van der Waals surface area contributed by atoms with Crippen molar-refractivity contribution >= 4 is 5.69 Å². The Balaban J connectivity index is 2.18. The number of nitrogens with zero attached hydrogens (tertiary/aromatic N) is 2. The van der Waals surface area contributed by atoms with Gasteiger partial charge in [-0.3, -0.25) is 10.1 Å². The Hall–Kier alpha value is -2.28. The summed E-state index contributed by atoms with van der Waals surface area (Å²) in [7, 11) is 0. The average molecular weight is 292 g/mol. The fourth-order valence-corrected chi connectivity index (χ4v) is 1.83. The third-order valence-electron chi connectivity index (χ3n) is 3.31. The van der Waals surface area contributed by atoms with Gasteiger partial charge in [-0.15, -0.1) is 0 Å². The van der Waals surface area contributed by atoms with E-state index in [1.54, 1.807) is 6.20 Å². The minimum absolute atomic E-state index is 0.380. The highest BCUT2D eigenvalue weighted by molar-refractivity contribution is 5.62. The Morgan fingerprint density at radius 1 is 1.52 bits per heavy atom. The standard InChI is InChI=1S/C14H17FN4O2/c1-3-9(2)16-8-14-17-7-12(18-14)10-4-5-11(15)13(6-10)19(20)21/h4-7,9,16H,3,8H2,1-2H3,(H,17,18). The highest BCUT2D eigenvalue weighted by Gasteiger charge is 2.15. The molecule has 2 aromatic rings. The van der Waals surface area contributed by atoms with E-state index >= 15 is 0 Å². The van der Waals surface area contributed by atoms with Crippen LogP contribution in [0.5, 0.6) is 0 Å². The maximum absolute atomic E-state index is 13.3. The monoisotopic (exact) mass is 292 g/mol. The highest BCUT2D eigenvalue weighted by Crippen LogP contribution is 2.25. The molecular weight excluding hydrogens is 275 g/mol. The molecule has 2 rings (SSSR count). The third kappa shape index (κ3) is 3.63. The number of aromatic nitrogens is 2. The molecule has 0 aliphatic rings. The molecule has 1 heterocycles. The van der Waals surface area contributed by atoms with Crippen LogP contribution in [0.3, 0.4) is 0 Å². The smallest absolute Gasteiger partial charge is 0.305 e. The van der Waals surface area contributed by atoms with Crippen molar-refractivity contribution in [3.8, 4) is 11.3 Å². The van der Waals surface area contributed by atoms with Gasteiger partial charge in [0.1, 0.15) is 5.82 Å². The molecule has 0 spiro atoms. The molecule has 0 saturated carbocycles. The molecule has 0 fully saturated rings. The maximum Gasteiger partial charge on any atom is 0.305 e. The predicted octanol–water partition coefficient (Wildman–Crippen LogP) is 3.01. The number of nitro benzene ring substituents is 1. The molecule has 0 radical (unpaired) electrons. The number of nitro groups is 1. The van der Waals surface area contributed by atoms with Crippen molar-refractivity contribution in [2.45, 2.75) is 32.9 Å². The van der Waals surface area contributed by atoms with Gasteiger partial charge in [0.25, 0.3) is 0 Å². The molecule has 0 aliphatic carbocycles. The van der Waals surface area contributed by atoms with Crippen molar-refractivity contribution in [3.63, 3.8) is 0 Å². The van der Waals surface area contributed by atoms with Crippen molar-refractivity contribution in [2.75, 3.05) is 0 Å². The minimum atomic E-state index is -0.845. The van der Waals surface area contributed by atoms with E-state index in [-0.39, 0.29) is 0 Å². The van der Waals surface area contributed by atoms with E-state index in [0.717, 1.165) is 18.3 Å². The van der Waals surface area contributed by atoms with Gasteiger partial charge >= 0.3 is 5.69 Å². The number of rotatable bonds is 6. The lowest BCUT2D eigenvalue weighted by Crippen LogP contribution is -2.24. The first kappa shape index (κ1) is 15.1. The second-order valence-corrected chi connectivity index (χ2v) is 4.86. The van der Waals surface area contributed by atoms with Crippen molar-refractivity contribution in [1.29, 1.82) is 0 Å². The van der Waals surface area contributed by atoms with Crippen LogP contribution in [0.2, 0.25) is 0 Å². The zero-order chi connectivity index (χ0) is 15.4. The van der Waals surface area contributed by atoms with Gasteiger partial charge < -0.3 is 10.3 Å². The van der Waals surface area contributed by atoms with Crippen LogP contribution in [0.25, 0.3) is 11.3 Å². The van der Waals surface area contributed by atoms with Gasteiger partial charge in [-0.25, -0.2) is 4.98 Å². The van der Waals surface area contributed by atoms with Crippen LogP contribution >= 0.6 is 0 Å². The van der Waals surface area contributed by atoms with E-state index in [0.29, 0.717) is 23.8 Å². The second-order valence-electron chi connectivity index (χ2n) is 4.86. The fraction of sp³-hybridized carbons (Fsp3) is 0.357. The largest absolute Gasteiger partial charge is 0.341 e. The molecule has 0 saturated heterocycles. The predicted molar refractivity (Wildman–Crippen MR) is 77.2 cm³/mol. The Kier molecular flexibility index (Phi) is 4.64. The van der Waals surface area contributed by atoms with Gasteiger partial charge in [-0.2, -0.15) is 4.39 Å². The van der Waals surface area contributed by atoms with Crippen molar-refractivity contribution in [2.24, 2.45) is 0 Å². The van der Waals surface area contributed by atoms with Crippen LogP contribution in [-0.4, -0.2) is 20.9 Å². The topological polar surface area (TPSA) is 83.8 Å². The number of benzene rings is 1. The molecule has 112 valence electrons. The lowest BCUT2D eigenvalue weighted by molar-refractivity contribution is -0.387. The van der Waals surface area contributed by atoms with E-state index in [9.17, 15) is 14.5 Å². The van der Waals surface area contributed by atoms with Gasteiger partial charge in [-0.1, -0.05) is 6.92 Å². The van der Waals surface area contributed by atoms with Gasteiger partial charge in [0.2, 0.25) is 5.82 Å². The Morgan fingerprint density at radius 3 is 2.95 bits per heavy atom. The summed E-state index contributed by atoms with van der Waals surface area (Å²) in [6.45, 7) is 4.74. The lowest BCUT2D eigenvalue weighted by Gasteiger charge is -2.08. The first-order chi connectivity index (χ1) is 10.0. The van der Waals surface area contributed by atoms with Crippen LogP contribution in [0, 0.1) is 15.9 Å². The fourth-order valence-electron chi connectivity index (χ4n) is 1.83. The number of imidazole rings is 1. The Bertz CT molecular complexity index is 642. The molecule has 1 aromatic carbocycles. The minimum Gasteiger partial charge on any atom is -0.341 e. The zero-order valence-electron chi connectivity index (χ0n) is 11.9. The van der Waals surface area contributed by atoms with E-state index in [4.69, 9.17) is 0 Å². The molecule has 0 aliphatic heterocycles. The van der Waals surface area contributed by atoms with Crippen LogP contribution in [0.1, 0.15) is 26.1 Å². The molecule has 1 atom stereocenters. The number of nitrogens with one attached hydrogen (secondary N) is 2. The van der Waals surface area contributed by atoms with Gasteiger partial charge in [-0.05, 0) is 25.5 Å². The summed E-state index contributed by atoms with van der Waals surface area (Å²) >= 11 is 0. The summed E-state index contributed by atoms with van der Waals surface area (Å²) in [5, 5.41) is 14.0. The summed E-state index contributed by atoms with van der Waals surface area (Å²) in [5.74, 6) is -0.112. The second kappa shape index (κ2) is 6.45. The molecule has 0 amide bonds. The molecule has 1 unspecified atom stereocenters. The Morgan fingerprint density at radius 2 is 2.29 bits per heavy atom. The SMILES string of the molecule is CCC(C)NCc1ncc(-c2ccc(F)c([N+](=O)[O-])c2)[nH]1. The van der Waals surface area contributed by atoms with E-state index in [2.05, 4.69) is 29.1 Å².